The minimum atomic E-state index is 0.627. The van der Waals surface area contributed by atoms with E-state index in [0.717, 1.165) is 66.1 Å². The van der Waals surface area contributed by atoms with Crippen LogP contribution in [0.15, 0.2) is 192 Å². The maximum absolute atomic E-state index is 6.25. The molecule has 0 amide bonds. The molecular formula is C53H31N3O. The van der Waals surface area contributed by atoms with Gasteiger partial charge in [0.2, 0.25) is 0 Å². The fourth-order valence-electron chi connectivity index (χ4n) is 8.89. The van der Waals surface area contributed by atoms with Crippen molar-refractivity contribution in [3.63, 3.8) is 0 Å². The molecule has 12 rings (SSSR count). The molecule has 0 fully saturated rings. The van der Waals surface area contributed by atoms with Crippen molar-refractivity contribution in [2.45, 2.75) is 0 Å². The summed E-state index contributed by atoms with van der Waals surface area (Å²) in [4.78, 5) is 15.4. The van der Waals surface area contributed by atoms with E-state index in [1.54, 1.807) is 0 Å². The summed E-state index contributed by atoms with van der Waals surface area (Å²) in [5, 5.41) is 7.05. The number of aromatic nitrogens is 3. The van der Waals surface area contributed by atoms with Crippen LogP contribution in [-0.2, 0) is 0 Å². The Morgan fingerprint density at radius 2 is 0.825 bits per heavy atom. The average Bonchev–Trinajstić information content (AvgIpc) is 3.83. The Hall–Kier alpha value is -7.69. The van der Waals surface area contributed by atoms with Crippen molar-refractivity contribution in [3.8, 4) is 78.7 Å². The van der Waals surface area contributed by atoms with Crippen LogP contribution in [0.5, 0.6) is 0 Å². The summed E-state index contributed by atoms with van der Waals surface area (Å²) in [5.74, 6) is 1.89. The number of furan rings is 1. The van der Waals surface area contributed by atoms with E-state index in [0.29, 0.717) is 17.5 Å². The fraction of sp³-hybridized carbons (Fsp3) is 0. The van der Waals surface area contributed by atoms with E-state index in [4.69, 9.17) is 19.4 Å². The molecule has 11 aromatic rings. The highest BCUT2D eigenvalue weighted by Gasteiger charge is 2.23. The molecule has 9 aromatic carbocycles. The van der Waals surface area contributed by atoms with E-state index in [9.17, 15) is 0 Å². The zero-order valence-electron chi connectivity index (χ0n) is 30.6. The van der Waals surface area contributed by atoms with E-state index in [-0.39, 0.29) is 0 Å². The Balaban J connectivity index is 0.991. The Morgan fingerprint density at radius 1 is 0.281 bits per heavy atom. The van der Waals surface area contributed by atoms with E-state index in [2.05, 4.69) is 152 Å². The van der Waals surface area contributed by atoms with Gasteiger partial charge in [0.25, 0.3) is 0 Å². The van der Waals surface area contributed by atoms with Gasteiger partial charge in [0, 0.05) is 27.5 Å². The van der Waals surface area contributed by atoms with E-state index < -0.39 is 0 Å². The summed E-state index contributed by atoms with van der Waals surface area (Å²) in [6.45, 7) is 0. The third kappa shape index (κ3) is 4.98. The first kappa shape index (κ1) is 31.6. The van der Waals surface area contributed by atoms with E-state index in [1.165, 1.54) is 38.6 Å². The third-order valence-corrected chi connectivity index (χ3v) is 11.5. The molecule has 4 heteroatoms. The SMILES string of the molecule is c1ccc(-c2nc(-c3cccc(-c4ccc5c6c(cccc46)-c4ccccc4-5)c3)nc(-c3ccc4c(-c5cccc6oc7ccccc7c56)cccc4c3)n2)cc1. The van der Waals surface area contributed by atoms with Crippen LogP contribution in [0.1, 0.15) is 0 Å². The lowest BCUT2D eigenvalue weighted by Gasteiger charge is -2.13. The van der Waals surface area contributed by atoms with Gasteiger partial charge in [-0.15, -0.1) is 0 Å². The molecule has 0 saturated heterocycles. The summed E-state index contributed by atoms with van der Waals surface area (Å²) in [7, 11) is 0. The van der Waals surface area contributed by atoms with Crippen LogP contribution in [0.4, 0.5) is 0 Å². The maximum Gasteiger partial charge on any atom is 0.164 e. The van der Waals surface area contributed by atoms with Crippen LogP contribution in [0, 0.1) is 0 Å². The van der Waals surface area contributed by atoms with Crippen molar-refractivity contribution >= 4 is 43.5 Å². The highest BCUT2D eigenvalue weighted by Crippen LogP contribution is 2.49. The lowest BCUT2D eigenvalue weighted by atomic mass is 9.93. The van der Waals surface area contributed by atoms with E-state index >= 15 is 0 Å². The maximum atomic E-state index is 6.25. The molecule has 2 heterocycles. The van der Waals surface area contributed by atoms with Gasteiger partial charge < -0.3 is 4.42 Å². The quantitative estimate of drug-likeness (QED) is 0.177. The van der Waals surface area contributed by atoms with Crippen molar-refractivity contribution in [2.75, 3.05) is 0 Å². The van der Waals surface area contributed by atoms with Gasteiger partial charge in [-0.2, -0.15) is 0 Å². The average molecular weight is 726 g/mol. The normalized spacial score (nSPS) is 11.9. The van der Waals surface area contributed by atoms with Crippen LogP contribution in [0.25, 0.3) is 122 Å². The van der Waals surface area contributed by atoms with Crippen LogP contribution in [0.2, 0.25) is 0 Å². The molecular weight excluding hydrogens is 695 g/mol. The first-order chi connectivity index (χ1) is 28.2. The van der Waals surface area contributed by atoms with Gasteiger partial charge in [-0.05, 0) is 90.3 Å². The molecule has 1 aliphatic carbocycles. The van der Waals surface area contributed by atoms with Crippen LogP contribution < -0.4 is 0 Å². The van der Waals surface area contributed by atoms with Crippen molar-refractivity contribution in [2.24, 2.45) is 0 Å². The molecule has 0 unspecified atom stereocenters. The van der Waals surface area contributed by atoms with Crippen molar-refractivity contribution < 1.29 is 4.42 Å². The lowest BCUT2D eigenvalue weighted by Crippen LogP contribution is -2.00. The number of rotatable bonds is 5. The van der Waals surface area contributed by atoms with Crippen molar-refractivity contribution in [1.82, 2.24) is 15.0 Å². The lowest BCUT2D eigenvalue weighted by molar-refractivity contribution is 0.669. The molecule has 0 N–H and O–H groups in total. The minimum Gasteiger partial charge on any atom is -0.456 e. The standard InChI is InChI=1S/C53H31N3O/c1-2-12-32(13-3-1)51-54-52(35-16-8-14-34(30-35)38-28-29-45-41-18-5-4-17-40(41)43-22-10-21-42(38)49(43)45)56-53(55-51)36-26-27-37-33(31-36)15-9-20-39(37)44-23-11-25-48-50(44)46-19-6-7-24-47(46)57-48/h1-31H. The summed E-state index contributed by atoms with van der Waals surface area (Å²) >= 11 is 0. The number of fused-ring (bicyclic) bond motifs is 7. The topological polar surface area (TPSA) is 51.8 Å². The summed E-state index contributed by atoms with van der Waals surface area (Å²) in [6, 6.07) is 66.2. The third-order valence-electron chi connectivity index (χ3n) is 11.5. The van der Waals surface area contributed by atoms with Gasteiger partial charge in [0.1, 0.15) is 11.2 Å². The van der Waals surface area contributed by atoms with Crippen molar-refractivity contribution in [1.29, 1.82) is 0 Å². The Morgan fingerprint density at radius 3 is 1.67 bits per heavy atom. The molecule has 2 aromatic heterocycles. The monoisotopic (exact) mass is 725 g/mol. The molecule has 4 nitrogen and oxygen atoms in total. The van der Waals surface area contributed by atoms with Crippen LogP contribution in [0.3, 0.4) is 0 Å². The fourth-order valence-corrected chi connectivity index (χ4v) is 8.89. The molecule has 0 bridgehead atoms. The summed E-state index contributed by atoms with van der Waals surface area (Å²) in [5.41, 5.74) is 14.4. The molecule has 1 aliphatic rings. The first-order valence-electron chi connectivity index (χ1n) is 19.3. The van der Waals surface area contributed by atoms with Gasteiger partial charge >= 0.3 is 0 Å². The van der Waals surface area contributed by atoms with Gasteiger partial charge in [-0.25, -0.2) is 15.0 Å². The molecule has 0 radical (unpaired) electrons. The zero-order valence-corrected chi connectivity index (χ0v) is 30.6. The molecule has 0 aliphatic heterocycles. The van der Waals surface area contributed by atoms with Gasteiger partial charge in [-0.3, -0.25) is 0 Å². The molecule has 57 heavy (non-hydrogen) atoms. The number of hydrogen-bond donors (Lipinski definition) is 0. The Labute approximate surface area is 328 Å². The zero-order chi connectivity index (χ0) is 37.5. The van der Waals surface area contributed by atoms with Crippen LogP contribution >= 0.6 is 0 Å². The smallest absolute Gasteiger partial charge is 0.164 e. The number of nitrogens with zero attached hydrogens (tertiary/aromatic N) is 3. The largest absolute Gasteiger partial charge is 0.456 e. The summed E-state index contributed by atoms with van der Waals surface area (Å²) < 4.78 is 6.25. The van der Waals surface area contributed by atoms with Gasteiger partial charge in [0.05, 0.1) is 0 Å². The minimum absolute atomic E-state index is 0.627. The highest BCUT2D eigenvalue weighted by atomic mass is 16.3. The summed E-state index contributed by atoms with van der Waals surface area (Å²) in [6.07, 6.45) is 0. The molecule has 0 saturated carbocycles. The van der Waals surface area contributed by atoms with Crippen molar-refractivity contribution in [3.05, 3.63) is 188 Å². The first-order valence-corrected chi connectivity index (χ1v) is 19.3. The second-order valence-electron chi connectivity index (χ2n) is 14.7. The Kier molecular flexibility index (Phi) is 6.89. The predicted octanol–water partition coefficient (Wildman–Crippen LogP) is 14.1. The number of benzene rings is 9. The number of para-hydroxylation sites is 1. The molecule has 264 valence electrons. The Bertz CT molecular complexity index is 3390. The van der Waals surface area contributed by atoms with E-state index in [1.807, 2.05) is 36.4 Å². The second kappa shape index (κ2) is 12.4. The second-order valence-corrected chi connectivity index (χ2v) is 14.7. The molecule has 0 spiro atoms. The predicted molar refractivity (Wildman–Crippen MR) is 234 cm³/mol. The van der Waals surface area contributed by atoms with Gasteiger partial charge in [0.15, 0.2) is 17.5 Å². The highest BCUT2D eigenvalue weighted by molar-refractivity contribution is 6.19. The molecule has 0 atom stereocenters. The van der Waals surface area contributed by atoms with Crippen LogP contribution in [-0.4, -0.2) is 15.0 Å². The number of hydrogen-bond acceptors (Lipinski definition) is 4. The van der Waals surface area contributed by atoms with Gasteiger partial charge in [-0.1, -0.05) is 164 Å².